The van der Waals surface area contributed by atoms with Gasteiger partial charge in [-0.15, -0.1) is 11.3 Å². The van der Waals surface area contributed by atoms with Crippen LogP contribution < -0.4 is 10.1 Å². The summed E-state index contributed by atoms with van der Waals surface area (Å²) in [6, 6.07) is 5.33. The lowest BCUT2D eigenvalue weighted by molar-refractivity contribution is 0.0938. The summed E-state index contributed by atoms with van der Waals surface area (Å²) in [5.74, 6) is 1.15. The first kappa shape index (κ1) is 20.4. The van der Waals surface area contributed by atoms with Gasteiger partial charge in [0.2, 0.25) is 0 Å². The van der Waals surface area contributed by atoms with Crippen molar-refractivity contribution < 1.29 is 14.3 Å². The van der Waals surface area contributed by atoms with Crippen molar-refractivity contribution in [3.63, 3.8) is 0 Å². The maximum Gasteiger partial charge on any atom is 0.251 e. The number of carbonyl (C=O) groups is 1. The van der Waals surface area contributed by atoms with Crippen molar-refractivity contribution in [2.24, 2.45) is 0 Å². The van der Waals surface area contributed by atoms with E-state index in [-0.39, 0.29) is 18.1 Å². The van der Waals surface area contributed by atoms with Crippen molar-refractivity contribution in [3.05, 3.63) is 58.6 Å². The highest BCUT2D eigenvalue weighted by Gasteiger charge is 2.20. The Labute approximate surface area is 179 Å². The van der Waals surface area contributed by atoms with Crippen LogP contribution in [0.15, 0.2) is 36.8 Å². The zero-order valence-electron chi connectivity index (χ0n) is 17.2. The van der Waals surface area contributed by atoms with Crippen molar-refractivity contribution in [2.75, 3.05) is 13.2 Å². The van der Waals surface area contributed by atoms with Gasteiger partial charge in [-0.3, -0.25) is 4.79 Å². The third kappa shape index (κ3) is 4.83. The first-order valence-electron chi connectivity index (χ1n) is 9.89. The molecule has 30 heavy (non-hydrogen) atoms. The number of nitrogens with one attached hydrogen (secondary N) is 1. The van der Waals surface area contributed by atoms with Gasteiger partial charge in [0.15, 0.2) is 0 Å². The average molecular weight is 425 g/mol. The van der Waals surface area contributed by atoms with Crippen LogP contribution in [0, 0.1) is 13.8 Å². The molecular weight excluding hydrogens is 400 g/mol. The Balaban J connectivity index is 1.59. The van der Waals surface area contributed by atoms with Crippen molar-refractivity contribution in [2.45, 2.75) is 39.3 Å². The number of nitrogens with zero attached hydrogens (tertiary/aromatic N) is 3. The molecule has 0 saturated carbocycles. The molecule has 0 radical (unpaired) electrons. The Morgan fingerprint density at radius 2 is 2.00 bits per heavy atom. The fourth-order valence-corrected chi connectivity index (χ4v) is 3.95. The second-order valence-corrected chi connectivity index (χ2v) is 8.62. The topological polar surface area (TPSA) is 86.2 Å². The number of aryl methyl sites for hydroxylation is 2. The second-order valence-electron chi connectivity index (χ2n) is 7.38. The molecule has 3 heterocycles. The average Bonchev–Trinajstić information content (AvgIpc) is 3.40. The summed E-state index contributed by atoms with van der Waals surface area (Å²) in [5.41, 5.74) is 2.23. The van der Waals surface area contributed by atoms with Crippen LogP contribution in [0.1, 0.15) is 46.0 Å². The van der Waals surface area contributed by atoms with E-state index < -0.39 is 0 Å². The van der Waals surface area contributed by atoms with Crippen LogP contribution in [0.4, 0.5) is 0 Å². The minimum Gasteiger partial charge on any atom is -0.488 e. The van der Waals surface area contributed by atoms with Gasteiger partial charge in [0.1, 0.15) is 22.7 Å². The molecule has 1 fully saturated rings. The van der Waals surface area contributed by atoms with Crippen LogP contribution in [-0.2, 0) is 4.74 Å². The number of thiazole rings is 1. The molecule has 3 aromatic rings. The number of hydrogen-bond acceptors (Lipinski definition) is 7. The highest BCUT2D eigenvalue weighted by molar-refractivity contribution is 7.14. The molecule has 0 aliphatic carbocycles. The van der Waals surface area contributed by atoms with Gasteiger partial charge in [-0.2, -0.15) is 0 Å². The molecule has 2 aromatic heterocycles. The summed E-state index contributed by atoms with van der Waals surface area (Å²) in [5, 5.41) is 3.88. The lowest BCUT2D eigenvalue weighted by Gasteiger charge is -2.16. The Morgan fingerprint density at radius 3 is 2.67 bits per heavy atom. The molecule has 1 unspecified atom stereocenters. The number of hydrogen-bond donors (Lipinski definition) is 1. The Hall–Kier alpha value is -2.84. The van der Waals surface area contributed by atoms with E-state index in [2.05, 4.69) is 20.3 Å². The molecule has 1 saturated heterocycles. The van der Waals surface area contributed by atoms with Crippen molar-refractivity contribution in [3.8, 4) is 16.3 Å². The van der Waals surface area contributed by atoms with Crippen LogP contribution in [0.2, 0.25) is 0 Å². The summed E-state index contributed by atoms with van der Waals surface area (Å²) >= 11 is 1.59. The number of amides is 1. The van der Waals surface area contributed by atoms with Gasteiger partial charge in [0.25, 0.3) is 5.91 Å². The number of rotatable bonds is 6. The van der Waals surface area contributed by atoms with Crippen molar-refractivity contribution in [1.29, 1.82) is 0 Å². The fourth-order valence-electron chi connectivity index (χ4n) is 3.20. The van der Waals surface area contributed by atoms with Crippen molar-refractivity contribution >= 4 is 17.2 Å². The maximum atomic E-state index is 13.0. The third-order valence-corrected chi connectivity index (χ3v) is 5.84. The van der Waals surface area contributed by atoms with E-state index in [1.165, 1.54) is 0 Å². The number of benzene rings is 1. The van der Waals surface area contributed by atoms with Crippen LogP contribution >= 0.6 is 11.3 Å². The largest absolute Gasteiger partial charge is 0.488 e. The monoisotopic (exact) mass is 424 g/mol. The van der Waals surface area contributed by atoms with Crippen LogP contribution in [-0.4, -0.2) is 40.2 Å². The van der Waals surface area contributed by atoms with E-state index in [9.17, 15) is 4.79 Å². The van der Waals surface area contributed by atoms with Crippen LogP contribution in [0.25, 0.3) is 10.6 Å². The molecule has 1 N–H and O–H groups in total. The van der Waals surface area contributed by atoms with E-state index in [0.29, 0.717) is 30.4 Å². The van der Waals surface area contributed by atoms with Gasteiger partial charge < -0.3 is 14.8 Å². The van der Waals surface area contributed by atoms with Crippen molar-refractivity contribution in [1.82, 2.24) is 20.3 Å². The molecular formula is C22H24N4O3S. The SMILES string of the molecule is Cc1ncc(C(C)NC(=O)c2cc(O[C@H]3CCOC3)cc(-c3ncc(C)s3)c2)cn1. The lowest BCUT2D eigenvalue weighted by Crippen LogP contribution is -2.27. The molecule has 1 amide bonds. The summed E-state index contributed by atoms with van der Waals surface area (Å²) in [4.78, 5) is 27.0. The summed E-state index contributed by atoms with van der Waals surface area (Å²) in [7, 11) is 0. The molecule has 1 aromatic carbocycles. The first-order chi connectivity index (χ1) is 14.5. The van der Waals surface area contributed by atoms with Gasteiger partial charge >= 0.3 is 0 Å². The number of ether oxygens (including phenoxy) is 2. The molecule has 1 aliphatic rings. The summed E-state index contributed by atoms with van der Waals surface area (Å²) < 4.78 is 11.5. The minimum atomic E-state index is -0.225. The molecule has 8 heteroatoms. The molecule has 0 spiro atoms. The molecule has 4 rings (SSSR count). The van der Waals surface area contributed by atoms with Gasteiger partial charge in [0.05, 0.1) is 19.3 Å². The van der Waals surface area contributed by atoms with Gasteiger partial charge in [0, 0.05) is 46.6 Å². The fraction of sp³-hybridized carbons (Fsp3) is 0.364. The lowest BCUT2D eigenvalue weighted by atomic mass is 10.1. The Morgan fingerprint density at radius 1 is 1.20 bits per heavy atom. The van der Waals surface area contributed by atoms with Crippen LogP contribution in [0.3, 0.4) is 0 Å². The molecule has 7 nitrogen and oxygen atoms in total. The Kier molecular flexibility index (Phi) is 6.06. The zero-order valence-corrected chi connectivity index (χ0v) is 18.0. The number of aromatic nitrogens is 3. The van der Waals surface area contributed by atoms with E-state index in [4.69, 9.17) is 9.47 Å². The smallest absolute Gasteiger partial charge is 0.251 e. The molecule has 0 bridgehead atoms. The van der Waals surface area contributed by atoms with E-state index in [1.54, 1.807) is 29.8 Å². The van der Waals surface area contributed by atoms with E-state index in [1.807, 2.05) is 39.1 Å². The predicted octanol–water partition coefficient (Wildman–Crippen LogP) is 3.88. The second kappa shape index (κ2) is 8.89. The Bertz CT molecular complexity index is 1030. The molecule has 2 atom stereocenters. The van der Waals surface area contributed by atoms with Gasteiger partial charge in [-0.25, -0.2) is 15.0 Å². The normalized spacial score (nSPS) is 17.0. The number of carbonyl (C=O) groups excluding carboxylic acids is 1. The standard InChI is InChI=1S/C22H24N4O3S/c1-13-9-25-22(30-13)17-6-16(7-20(8-17)29-19-4-5-28-12-19)21(27)26-14(2)18-10-23-15(3)24-11-18/h6-11,14,19H,4-5,12H2,1-3H3,(H,26,27)/t14?,19-/m0/s1. The van der Waals surface area contributed by atoms with E-state index in [0.717, 1.165) is 27.4 Å². The highest BCUT2D eigenvalue weighted by Crippen LogP contribution is 2.30. The zero-order chi connectivity index (χ0) is 21.1. The predicted molar refractivity (Wildman–Crippen MR) is 115 cm³/mol. The van der Waals surface area contributed by atoms with Gasteiger partial charge in [-0.1, -0.05) is 0 Å². The molecule has 1 aliphatic heterocycles. The highest BCUT2D eigenvalue weighted by atomic mass is 32.1. The van der Waals surface area contributed by atoms with E-state index >= 15 is 0 Å². The third-order valence-electron chi connectivity index (χ3n) is 4.88. The quantitative estimate of drug-likeness (QED) is 0.646. The molecule has 156 valence electrons. The maximum absolute atomic E-state index is 13.0. The summed E-state index contributed by atoms with van der Waals surface area (Å²) in [6.07, 6.45) is 6.13. The minimum absolute atomic E-state index is 0.00202. The first-order valence-corrected chi connectivity index (χ1v) is 10.7. The van der Waals surface area contributed by atoms with Gasteiger partial charge in [-0.05, 0) is 39.0 Å². The van der Waals surface area contributed by atoms with Crippen LogP contribution in [0.5, 0.6) is 5.75 Å². The summed E-state index contributed by atoms with van der Waals surface area (Å²) in [6.45, 7) is 7.01.